The lowest BCUT2D eigenvalue weighted by molar-refractivity contribution is -0.143. The molecule has 6 nitrogen and oxygen atoms in total. The molecule has 2 unspecified atom stereocenters. The van der Waals surface area contributed by atoms with Crippen LogP contribution in [0.25, 0.3) is 0 Å². The molecule has 6 heteroatoms. The minimum Gasteiger partial charge on any atom is -0.336 e. The molecule has 0 aromatic rings. The average molecular weight is 349 g/mol. The van der Waals surface area contributed by atoms with Gasteiger partial charge in [0.05, 0.1) is 0 Å². The van der Waals surface area contributed by atoms with Crippen LogP contribution in [0.5, 0.6) is 0 Å². The van der Waals surface area contributed by atoms with E-state index in [9.17, 15) is 14.4 Å². The lowest BCUT2D eigenvalue weighted by Crippen LogP contribution is -2.52. The number of amides is 4. The van der Waals surface area contributed by atoms with Gasteiger partial charge in [0, 0.05) is 12.1 Å². The van der Waals surface area contributed by atoms with E-state index in [0.29, 0.717) is 12.8 Å². The Morgan fingerprint density at radius 3 is 2.16 bits per heavy atom. The molecule has 1 N–H and O–H groups in total. The zero-order valence-electron chi connectivity index (χ0n) is 15.6. The Morgan fingerprint density at radius 2 is 1.56 bits per heavy atom. The fourth-order valence-electron chi connectivity index (χ4n) is 4.80. The predicted molar refractivity (Wildman–Crippen MR) is 94.9 cm³/mol. The van der Waals surface area contributed by atoms with E-state index in [1.54, 1.807) is 0 Å². The van der Waals surface area contributed by atoms with Crippen LogP contribution < -0.4 is 5.32 Å². The van der Waals surface area contributed by atoms with Crippen LogP contribution in [-0.2, 0) is 9.59 Å². The summed E-state index contributed by atoms with van der Waals surface area (Å²) in [6.07, 6.45) is 9.79. The van der Waals surface area contributed by atoms with Crippen molar-refractivity contribution in [2.45, 2.75) is 95.7 Å². The summed E-state index contributed by atoms with van der Waals surface area (Å²) in [6.45, 7) is 3.98. The fourth-order valence-corrected chi connectivity index (χ4v) is 4.80. The Balaban J connectivity index is 1.70. The molecule has 2 atom stereocenters. The van der Waals surface area contributed by atoms with Crippen LogP contribution in [0.3, 0.4) is 0 Å². The van der Waals surface area contributed by atoms with Gasteiger partial charge in [0.25, 0.3) is 5.91 Å². The maximum atomic E-state index is 13.0. The first-order valence-corrected chi connectivity index (χ1v) is 9.90. The smallest absolute Gasteiger partial charge is 0.325 e. The maximum Gasteiger partial charge on any atom is 0.325 e. The minimum atomic E-state index is -0.767. The number of hydrogen-bond donors (Lipinski definition) is 1. The summed E-state index contributed by atoms with van der Waals surface area (Å²) in [5.41, 5.74) is -0.767. The summed E-state index contributed by atoms with van der Waals surface area (Å²) in [6, 6.07) is -0.0454. The first-order chi connectivity index (χ1) is 11.9. The number of hydrogen-bond acceptors (Lipinski definition) is 3. The van der Waals surface area contributed by atoms with Crippen molar-refractivity contribution in [2.75, 3.05) is 6.54 Å². The number of nitrogens with zero attached hydrogens (tertiary/aromatic N) is 2. The molecule has 4 amide bonds. The van der Waals surface area contributed by atoms with Gasteiger partial charge in [-0.05, 0) is 46.0 Å². The van der Waals surface area contributed by atoms with Gasteiger partial charge in [0.1, 0.15) is 12.1 Å². The van der Waals surface area contributed by atoms with Crippen LogP contribution in [0.1, 0.15) is 78.1 Å². The zero-order chi connectivity index (χ0) is 18.0. The second-order valence-corrected chi connectivity index (χ2v) is 8.10. The molecule has 0 aromatic heterocycles. The van der Waals surface area contributed by atoms with Crippen molar-refractivity contribution in [2.24, 2.45) is 0 Å². The van der Waals surface area contributed by atoms with Gasteiger partial charge < -0.3 is 10.2 Å². The van der Waals surface area contributed by atoms with Crippen molar-refractivity contribution in [3.05, 3.63) is 0 Å². The molecule has 3 fully saturated rings. The van der Waals surface area contributed by atoms with E-state index in [1.807, 2.05) is 4.90 Å². The van der Waals surface area contributed by atoms with E-state index < -0.39 is 11.6 Å². The molecule has 1 spiro atoms. The summed E-state index contributed by atoms with van der Waals surface area (Å²) in [4.78, 5) is 41.3. The first kappa shape index (κ1) is 18.2. The maximum absolute atomic E-state index is 13.0. The Morgan fingerprint density at radius 1 is 1.00 bits per heavy atom. The third-order valence-corrected chi connectivity index (χ3v) is 6.23. The molecule has 25 heavy (non-hydrogen) atoms. The van der Waals surface area contributed by atoms with Gasteiger partial charge in [-0.3, -0.25) is 14.5 Å². The molecule has 0 radical (unpaired) electrons. The Bertz CT molecular complexity index is 530. The minimum absolute atomic E-state index is 0.105. The Hall–Kier alpha value is -1.59. The van der Waals surface area contributed by atoms with Crippen molar-refractivity contribution in [3.63, 3.8) is 0 Å². The molecule has 2 aliphatic heterocycles. The predicted octanol–water partition coefficient (Wildman–Crippen LogP) is 2.81. The van der Waals surface area contributed by atoms with E-state index in [0.717, 1.165) is 49.8 Å². The third kappa shape index (κ3) is 3.53. The summed E-state index contributed by atoms with van der Waals surface area (Å²) >= 11 is 0. The fraction of sp³-hybridized carbons (Fsp3) is 0.842. The van der Waals surface area contributed by atoms with Crippen molar-refractivity contribution in [1.29, 1.82) is 0 Å². The number of rotatable bonds is 2. The highest BCUT2D eigenvalue weighted by atomic mass is 16.2. The van der Waals surface area contributed by atoms with Crippen molar-refractivity contribution in [3.8, 4) is 0 Å². The van der Waals surface area contributed by atoms with E-state index in [-0.39, 0.29) is 30.4 Å². The summed E-state index contributed by atoms with van der Waals surface area (Å²) in [5, 5.41) is 2.93. The molecule has 1 saturated carbocycles. The van der Waals surface area contributed by atoms with Gasteiger partial charge >= 0.3 is 6.03 Å². The molecule has 3 rings (SSSR count). The zero-order valence-corrected chi connectivity index (χ0v) is 15.6. The molecule has 0 bridgehead atoms. The molecule has 1 aliphatic carbocycles. The molecule has 3 aliphatic rings. The van der Waals surface area contributed by atoms with Crippen molar-refractivity contribution in [1.82, 2.24) is 15.1 Å². The normalized spacial score (nSPS) is 30.2. The SMILES string of the molecule is CC1CCCC(C)N1C(=O)CN1C(=O)NC2(CCCCCCC2)C1=O. The van der Waals surface area contributed by atoms with Gasteiger partial charge in [0.15, 0.2) is 0 Å². The molecule has 0 aromatic carbocycles. The molecular weight excluding hydrogens is 318 g/mol. The van der Waals surface area contributed by atoms with Crippen LogP contribution in [0.15, 0.2) is 0 Å². The number of imide groups is 1. The van der Waals surface area contributed by atoms with E-state index in [4.69, 9.17) is 0 Å². The van der Waals surface area contributed by atoms with Gasteiger partial charge in [-0.2, -0.15) is 0 Å². The first-order valence-electron chi connectivity index (χ1n) is 9.90. The Kier molecular flexibility index (Phi) is 5.35. The topological polar surface area (TPSA) is 69.7 Å². The average Bonchev–Trinajstić information content (AvgIpc) is 2.76. The van der Waals surface area contributed by atoms with Gasteiger partial charge in [-0.1, -0.05) is 32.1 Å². The number of nitrogens with one attached hydrogen (secondary N) is 1. The highest BCUT2D eigenvalue weighted by Crippen LogP contribution is 2.32. The highest BCUT2D eigenvalue weighted by Gasteiger charge is 2.51. The largest absolute Gasteiger partial charge is 0.336 e. The molecule has 2 saturated heterocycles. The van der Waals surface area contributed by atoms with Crippen LogP contribution >= 0.6 is 0 Å². The third-order valence-electron chi connectivity index (χ3n) is 6.23. The quantitative estimate of drug-likeness (QED) is 0.779. The standard InChI is InChI=1S/C19H31N3O3/c1-14-9-8-10-15(2)22(14)16(23)13-21-17(24)19(20-18(21)25)11-6-4-3-5-7-12-19/h14-15H,3-13H2,1-2H3,(H,20,25). The van der Waals surface area contributed by atoms with Crippen LogP contribution in [0, 0.1) is 0 Å². The number of piperidine rings is 1. The van der Waals surface area contributed by atoms with E-state index in [2.05, 4.69) is 19.2 Å². The van der Waals surface area contributed by atoms with E-state index >= 15 is 0 Å². The van der Waals surface area contributed by atoms with E-state index in [1.165, 1.54) is 6.42 Å². The lowest BCUT2D eigenvalue weighted by Gasteiger charge is -2.39. The molecular formula is C19H31N3O3. The second kappa shape index (κ2) is 7.34. The lowest BCUT2D eigenvalue weighted by atomic mass is 9.84. The summed E-state index contributed by atoms with van der Waals surface area (Å²) in [7, 11) is 0. The molecule has 140 valence electrons. The van der Waals surface area contributed by atoms with Crippen LogP contribution in [0.2, 0.25) is 0 Å². The number of carbonyl (C=O) groups is 3. The molecule has 2 heterocycles. The van der Waals surface area contributed by atoms with Crippen LogP contribution in [-0.4, -0.2) is 51.8 Å². The van der Waals surface area contributed by atoms with Gasteiger partial charge in [0.2, 0.25) is 5.91 Å². The van der Waals surface area contributed by atoms with Gasteiger partial charge in [-0.25, -0.2) is 4.79 Å². The van der Waals surface area contributed by atoms with Crippen molar-refractivity contribution < 1.29 is 14.4 Å². The van der Waals surface area contributed by atoms with Crippen LogP contribution in [0.4, 0.5) is 4.79 Å². The highest BCUT2D eigenvalue weighted by molar-refractivity contribution is 6.09. The second-order valence-electron chi connectivity index (χ2n) is 8.10. The monoisotopic (exact) mass is 349 g/mol. The number of urea groups is 1. The Labute approximate surface area is 150 Å². The number of likely N-dealkylation sites (tertiary alicyclic amines) is 1. The summed E-state index contributed by atoms with van der Waals surface area (Å²) in [5.74, 6) is -0.295. The van der Waals surface area contributed by atoms with Gasteiger partial charge in [-0.15, -0.1) is 0 Å². The number of carbonyl (C=O) groups excluding carboxylic acids is 3. The summed E-state index contributed by atoms with van der Waals surface area (Å²) < 4.78 is 0. The van der Waals surface area contributed by atoms with Crippen molar-refractivity contribution >= 4 is 17.8 Å².